The minimum Gasteiger partial charge on any atom is -0.497 e. The molecule has 0 aromatic heterocycles. The van der Waals surface area contributed by atoms with Crippen molar-refractivity contribution in [1.82, 2.24) is 9.21 Å². The van der Waals surface area contributed by atoms with Gasteiger partial charge in [0.2, 0.25) is 6.41 Å². The Labute approximate surface area is 160 Å². The van der Waals surface area contributed by atoms with E-state index in [9.17, 15) is 4.79 Å². The Hall–Kier alpha value is -2.18. The predicted octanol–water partition coefficient (Wildman–Crippen LogP) is 3.44. The van der Waals surface area contributed by atoms with Crippen molar-refractivity contribution in [3.63, 3.8) is 0 Å². The van der Waals surface area contributed by atoms with Crippen molar-refractivity contribution in [1.29, 1.82) is 0 Å². The summed E-state index contributed by atoms with van der Waals surface area (Å²) < 4.78 is 12.8. The van der Waals surface area contributed by atoms with Crippen molar-refractivity contribution in [2.75, 3.05) is 33.6 Å². The summed E-state index contributed by atoms with van der Waals surface area (Å²) in [6.45, 7) is 2.34. The standard InChI is InChI=1S/C20H26N2O3S/c1-21(16-23)12-13-26-22(14-17-4-8-19(24-2)9-5-17)15-18-6-10-20(25-3)11-7-18/h4-11,16H,12-15H2,1-3H3. The fourth-order valence-electron chi connectivity index (χ4n) is 2.38. The van der Waals surface area contributed by atoms with E-state index in [1.165, 1.54) is 11.1 Å². The fraction of sp³-hybridized carbons (Fsp3) is 0.350. The van der Waals surface area contributed by atoms with Gasteiger partial charge in [0.1, 0.15) is 11.5 Å². The van der Waals surface area contributed by atoms with E-state index in [1.807, 2.05) is 24.3 Å². The average molecular weight is 375 g/mol. The molecule has 26 heavy (non-hydrogen) atoms. The number of nitrogens with zero attached hydrogens (tertiary/aromatic N) is 2. The molecule has 2 aromatic carbocycles. The molecule has 0 aliphatic rings. The molecule has 5 nitrogen and oxygen atoms in total. The molecule has 2 aromatic rings. The van der Waals surface area contributed by atoms with Crippen LogP contribution in [-0.2, 0) is 17.9 Å². The van der Waals surface area contributed by atoms with E-state index in [2.05, 4.69) is 28.6 Å². The van der Waals surface area contributed by atoms with Gasteiger partial charge in [0.15, 0.2) is 0 Å². The van der Waals surface area contributed by atoms with Crippen molar-refractivity contribution >= 4 is 18.4 Å². The van der Waals surface area contributed by atoms with E-state index >= 15 is 0 Å². The first-order chi connectivity index (χ1) is 12.6. The third-order valence-corrected chi connectivity index (χ3v) is 4.92. The van der Waals surface area contributed by atoms with Crippen LogP contribution in [0, 0.1) is 0 Å². The number of carbonyl (C=O) groups is 1. The summed E-state index contributed by atoms with van der Waals surface area (Å²) in [6.07, 6.45) is 0.859. The topological polar surface area (TPSA) is 42.0 Å². The second kappa shape index (κ2) is 10.7. The van der Waals surface area contributed by atoms with Crippen LogP contribution in [0.4, 0.5) is 0 Å². The van der Waals surface area contributed by atoms with Crippen LogP contribution in [0.1, 0.15) is 11.1 Å². The maximum absolute atomic E-state index is 10.8. The Bertz CT molecular complexity index is 612. The van der Waals surface area contributed by atoms with Gasteiger partial charge in [-0.15, -0.1) is 0 Å². The van der Waals surface area contributed by atoms with Crippen LogP contribution >= 0.6 is 11.9 Å². The van der Waals surface area contributed by atoms with Crippen LogP contribution < -0.4 is 9.47 Å². The Kier molecular flexibility index (Phi) is 8.31. The molecule has 0 bridgehead atoms. The molecule has 0 aliphatic carbocycles. The minimum absolute atomic E-state index is 0.718. The third-order valence-electron chi connectivity index (χ3n) is 3.93. The van der Waals surface area contributed by atoms with Gasteiger partial charge in [0.25, 0.3) is 0 Å². The highest BCUT2D eigenvalue weighted by Crippen LogP contribution is 2.22. The largest absolute Gasteiger partial charge is 0.497 e. The van der Waals surface area contributed by atoms with E-state index in [0.717, 1.165) is 43.3 Å². The van der Waals surface area contributed by atoms with Crippen molar-refractivity contribution in [2.24, 2.45) is 0 Å². The average Bonchev–Trinajstić information content (AvgIpc) is 2.69. The van der Waals surface area contributed by atoms with Crippen LogP contribution in [0.3, 0.4) is 0 Å². The molecule has 0 fully saturated rings. The summed E-state index contributed by atoms with van der Waals surface area (Å²) in [7, 11) is 5.14. The maximum Gasteiger partial charge on any atom is 0.209 e. The first kappa shape index (κ1) is 20.1. The van der Waals surface area contributed by atoms with Gasteiger partial charge in [-0.05, 0) is 35.4 Å². The number of hydrogen-bond donors (Lipinski definition) is 0. The normalized spacial score (nSPS) is 10.6. The van der Waals surface area contributed by atoms with Crippen LogP contribution in [-0.4, -0.2) is 49.2 Å². The molecule has 0 spiro atoms. The van der Waals surface area contributed by atoms with E-state index in [4.69, 9.17) is 9.47 Å². The molecule has 0 saturated carbocycles. The molecule has 0 N–H and O–H groups in total. The molecule has 2 rings (SSSR count). The van der Waals surface area contributed by atoms with Gasteiger partial charge in [-0.25, -0.2) is 4.31 Å². The van der Waals surface area contributed by atoms with Gasteiger partial charge in [-0.1, -0.05) is 36.2 Å². The van der Waals surface area contributed by atoms with E-state index in [-0.39, 0.29) is 0 Å². The molecular formula is C20H26N2O3S. The second-order valence-electron chi connectivity index (χ2n) is 5.91. The number of ether oxygens (including phenoxy) is 2. The summed E-state index contributed by atoms with van der Waals surface area (Å²) in [5, 5.41) is 0. The Balaban J connectivity index is 2.02. The zero-order valence-electron chi connectivity index (χ0n) is 15.6. The molecule has 0 atom stereocenters. The molecule has 0 saturated heterocycles. The lowest BCUT2D eigenvalue weighted by atomic mass is 10.2. The number of amides is 1. The number of rotatable bonds is 11. The third kappa shape index (κ3) is 6.61. The monoisotopic (exact) mass is 374 g/mol. The molecule has 0 aliphatic heterocycles. The molecule has 1 amide bonds. The highest BCUT2D eigenvalue weighted by Gasteiger charge is 2.09. The molecule has 0 heterocycles. The van der Waals surface area contributed by atoms with Crippen molar-refractivity contribution in [2.45, 2.75) is 13.1 Å². The van der Waals surface area contributed by atoms with E-state index in [0.29, 0.717) is 0 Å². The Morgan fingerprint density at radius 2 is 1.35 bits per heavy atom. The number of benzene rings is 2. The zero-order chi connectivity index (χ0) is 18.8. The van der Waals surface area contributed by atoms with Gasteiger partial charge in [-0.3, -0.25) is 4.79 Å². The molecule has 0 radical (unpaired) electrons. The highest BCUT2D eigenvalue weighted by molar-refractivity contribution is 7.97. The molecular weight excluding hydrogens is 348 g/mol. The van der Waals surface area contributed by atoms with E-state index in [1.54, 1.807) is 38.1 Å². The Morgan fingerprint density at radius 1 is 0.885 bits per heavy atom. The van der Waals surface area contributed by atoms with Crippen molar-refractivity contribution in [3.05, 3.63) is 59.7 Å². The van der Waals surface area contributed by atoms with Gasteiger partial charge >= 0.3 is 0 Å². The van der Waals surface area contributed by atoms with Gasteiger partial charge in [0.05, 0.1) is 14.2 Å². The van der Waals surface area contributed by atoms with Crippen molar-refractivity contribution < 1.29 is 14.3 Å². The SMILES string of the molecule is COc1ccc(CN(Cc2ccc(OC)cc2)SCCN(C)C=O)cc1. The minimum atomic E-state index is 0.718. The number of hydrogen-bond acceptors (Lipinski definition) is 5. The lowest BCUT2D eigenvalue weighted by Crippen LogP contribution is -2.22. The van der Waals surface area contributed by atoms with E-state index < -0.39 is 0 Å². The predicted molar refractivity (Wildman–Crippen MR) is 106 cm³/mol. The molecule has 140 valence electrons. The molecule has 6 heteroatoms. The smallest absolute Gasteiger partial charge is 0.209 e. The summed E-state index contributed by atoms with van der Waals surface area (Å²) in [6, 6.07) is 16.2. The summed E-state index contributed by atoms with van der Waals surface area (Å²) in [5.74, 6) is 2.56. The summed E-state index contributed by atoms with van der Waals surface area (Å²) >= 11 is 1.75. The quantitative estimate of drug-likeness (QED) is 0.445. The van der Waals surface area contributed by atoms with Crippen LogP contribution in [0.15, 0.2) is 48.5 Å². The number of methoxy groups -OCH3 is 2. The fourth-order valence-corrected chi connectivity index (χ4v) is 3.49. The molecule has 0 unspecified atom stereocenters. The first-order valence-corrected chi connectivity index (χ1v) is 9.38. The second-order valence-corrected chi connectivity index (χ2v) is 7.10. The summed E-state index contributed by atoms with van der Waals surface area (Å²) in [5.41, 5.74) is 2.44. The maximum atomic E-state index is 10.8. The van der Waals surface area contributed by atoms with Gasteiger partial charge in [0, 0.05) is 32.4 Å². The van der Waals surface area contributed by atoms with Gasteiger partial charge < -0.3 is 14.4 Å². The lowest BCUT2D eigenvalue weighted by Gasteiger charge is -2.22. The lowest BCUT2D eigenvalue weighted by molar-refractivity contribution is -0.116. The van der Waals surface area contributed by atoms with Gasteiger partial charge in [-0.2, -0.15) is 0 Å². The van der Waals surface area contributed by atoms with Crippen molar-refractivity contribution in [3.8, 4) is 11.5 Å². The Morgan fingerprint density at radius 3 is 1.73 bits per heavy atom. The van der Waals surface area contributed by atoms with Crippen LogP contribution in [0.2, 0.25) is 0 Å². The van der Waals surface area contributed by atoms with Crippen LogP contribution in [0.25, 0.3) is 0 Å². The highest BCUT2D eigenvalue weighted by atomic mass is 32.2. The first-order valence-electron chi connectivity index (χ1n) is 8.44. The summed E-state index contributed by atoms with van der Waals surface area (Å²) in [4.78, 5) is 12.4. The zero-order valence-corrected chi connectivity index (χ0v) is 16.4. The van der Waals surface area contributed by atoms with Crippen LogP contribution in [0.5, 0.6) is 11.5 Å². The number of carbonyl (C=O) groups excluding carboxylic acids is 1.